The fourth-order valence-corrected chi connectivity index (χ4v) is 2.10. The number of nitrogens with one attached hydrogen (secondary N) is 3. The Labute approximate surface area is 106 Å². The molecule has 3 N–H and O–H groups in total. The van der Waals surface area contributed by atoms with E-state index >= 15 is 0 Å². The first-order valence-corrected chi connectivity index (χ1v) is 5.54. The number of aromatic nitrogens is 3. The third-order valence-electron chi connectivity index (χ3n) is 2.92. The molecule has 6 heteroatoms. The van der Waals surface area contributed by atoms with Crippen molar-refractivity contribution in [1.82, 2.24) is 15.2 Å². The number of pyridine rings is 1. The van der Waals surface area contributed by atoms with E-state index < -0.39 is 5.56 Å². The van der Waals surface area contributed by atoms with Gasteiger partial charge in [-0.05, 0) is 5.56 Å². The van der Waals surface area contributed by atoms with Crippen LogP contribution in [0.25, 0.3) is 22.2 Å². The van der Waals surface area contributed by atoms with Crippen LogP contribution in [0.3, 0.4) is 0 Å². The van der Waals surface area contributed by atoms with Crippen LogP contribution < -0.4 is 11.1 Å². The molecule has 1 aromatic carbocycles. The lowest BCUT2D eigenvalue weighted by atomic mass is 9.99. The first-order chi connectivity index (χ1) is 9.22. The Morgan fingerprint density at radius 3 is 2.42 bits per heavy atom. The fraction of sp³-hybridized carbons (Fsp3) is 0. The van der Waals surface area contributed by atoms with Crippen LogP contribution in [0.5, 0.6) is 0 Å². The molecule has 0 amide bonds. The van der Waals surface area contributed by atoms with Crippen LogP contribution in [0.15, 0.2) is 39.9 Å². The molecule has 0 saturated carbocycles. The molecule has 3 rings (SSSR count). The van der Waals surface area contributed by atoms with Gasteiger partial charge < -0.3 is 4.98 Å². The average molecular weight is 252 g/mol. The second-order valence-corrected chi connectivity index (χ2v) is 4.01. The highest BCUT2D eigenvalue weighted by Crippen LogP contribution is 2.25. The van der Waals surface area contributed by atoms with E-state index in [1.165, 1.54) is 0 Å². The predicted octanol–water partition coefficient (Wildman–Crippen LogP) is 1.08. The Bertz CT molecular complexity index is 910. The number of hydrogen-bond acceptors (Lipinski definition) is 3. The van der Waals surface area contributed by atoms with E-state index in [9.17, 15) is 9.59 Å². The van der Waals surface area contributed by atoms with Crippen molar-refractivity contribution in [3.63, 3.8) is 0 Å². The van der Waals surface area contributed by atoms with E-state index in [1.807, 2.05) is 12.1 Å². The Morgan fingerprint density at radius 2 is 1.74 bits per heavy atom. The maximum atomic E-state index is 11.9. The molecule has 19 heavy (non-hydrogen) atoms. The summed E-state index contributed by atoms with van der Waals surface area (Å²) < 4.78 is 0. The van der Waals surface area contributed by atoms with Crippen LogP contribution >= 0.6 is 0 Å². The van der Waals surface area contributed by atoms with E-state index in [-0.39, 0.29) is 22.2 Å². The highest BCUT2D eigenvalue weighted by Gasteiger charge is 2.17. The summed E-state index contributed by atoms with van der Waals surface area (Å²) in [6.45, 7) is 0. The number of nitriles is 1. The molecule has 0 radical (unpaired) electrons. The second-order valence-electron chi connectivity index (χ2n) is 4.01. The zero-order valence-electron chi connectivity index (χ0n) is 9.65. The summed E-state index contributed by atoms with van der Waals surface area (Å²) in [4.78, 5) is 26.2. The van der Waals surface area contributed by atoms with E-state index in [0.717, 1.165) is 0 Å². The maximum absolute atomic E-state index is 11.9. The average Bonchev–Trinajstić information content (AvgIpc) is 2.79. The van der Waals surface area contributed by atoms with Crippen molar-refractivity contribution in [3.05, 3.63) is 56.6 Å². The topological polar surface area (TPSA) is 105 Å². The third kappa shape index (κ3) is 1.57. The quantitative estimate of drug-likeness (QED) is 0.603. The maximum Gasteiger partial charge on any atom is 0.274 e. The van der Waals surface area contributed by atoms with E-state index in [1.54, 1.807) is 24.3 Å². The molecule has 0 bridgehead atoms. The van der Waals surface area contributed by atoms with Gasteiger partial charge in [0.1, 0.15) is 17.3 Å². The molecular weight excluding hydrogens is 244 g/mol. The van der Waals surface area contributed by atoms with E-state index in [2.05, 4.69) is 15.2 Å². The molecule has 0 spiro atoms. The molecule has 0 atom stereocenters. The van der Waals surface area contributed by atoms with Crippen molar-refractivity contribution in [1.29, 1.82) is 5.26 Å². The predicted molar refractivity (Wildman–Crippen MR) is 69.7 cm³/mol. The van der Waals surface area contributed by atoms with Crippen LogP contribution in [-0.4, -0.2) is 15.2 Å². The highest BCUT2D eigenvalue weighted by atomic mass is 16.1. The highest BCUT2D eigenvalue weighted by molar-refractivity contribution is 5.94. The molecule has 0 unspecified atom stereocenters. The Hall–Kier alpha value is -3.07. The molecule has 2 heterocycles. The van der Waals surface area contributed by atoms with Gasteiger partial charge in [0, 0.05) is 5.56 Å². The van der Waals surface area contributed by atoms with Crippen molar-refractivity contribution < 1.29 is 0 Å². The standard InChI is InChI=1S/C13H8N4O2/c14-6-8-9(7-4-2-1-3-5-7)10-11(15-12(8)18)16-17-13(10)19/h1-5H,(H3,15,16,17,18,19). The minimum atomic E-state index is -0.524. The van der Waals surface area contributed by atoms with Gasteiger partial charge in [-0.15, -0.1) is 0 Å². The van der Waals surface area contributed by atoms with Gasteiger partial charge in [-0.3, -0.25) is 19.8 Å². The summed E-state index contributed by atoms with van der Waals surface area (Å²) in [5, 5.41) is 14.4. The van der Waals surface area contributed by atoms with Crippen LogP contribution in [0.1, 0.15) is 5.56 Å². The second kappa shape index (κ2) is 3.99. The van der Waals surface area contributed by atoms with Crippen molar-refractivity contribution >= 4 is 11.0 Å². The Kier molecular flexibility index (Phi) is 2.32. The van der Waals surface area contributed by atoms with Gasteiger partial charge in [0.2, 0.25) is 0 Å². The van der Waals surface area contributed by atoms with Gasteiger partial charge in [0.15, 0.2) is 0 Å². The van der Waals surface area contributed by atoms with Crippen molar-refractivity contribution in [2.75, 3.05) is 0 Å². The third-order valence-corrected chi connectivity index (χ3v) is 2.92. The van der Waals surface area contributed by atoms with Crippen LogP contribution in [0, 0.1) is 11.3 Å². The fourth-order valence-electron chi connectivity index (χ4n) is 2.10. The molecule has 0 fully saturated rings. The summed E-state index contributed by atoms with van der Waals surface area (Å²) in [5.74, 6) is 0. The minimum absolute atomic E-state index is 0.0659. The summed E-state index contributed by atoms with van der Waals surface area (Å²) in [6, 6.07) is 10.7. The summed E-state index contributed by atoms with van der Waals surface area (Å²) in [7, 11) is 0. The molecule has 2 aromatic heterocycles. The minimum Gasteiger partial charge on any atom is -0.306 e. The van der Waals surface area contributed by atoms with Gasteiger partial charge in [-0.25, -0.2) is 0 Å². The lowest BCUT2D eigenvalue weighted by Gasteiger charge is -2.04. The van der Waals surface area contributed by atoms with Gasteiger partial charge >= 0.3 is 0 Å². The number of H-pyrrole nitrogens is 3. The van der Waals surface area contributed by atoms with Crippen molar-refractivity contribution in [3.8, 4) is 17.2 Å². The first-order valence-electron chi connectivity index (χ1n) is 5.54. The number of aromatic amines is 3. The number of nitrogens with zero attached hydrogens (tertiary/aromatic N) is 1. The van der Waals surface area contributed by atoms with E-state index in [0.29, 0.717) is 11.1 Å². The SMILES string of the molecule is N#Cc1c(-c2ccccc2)c2c(=O)[nH][nH]c2[nH]c1=O. The summed E-state index contributed by atoms with van der Waals surface area (Å²) >= 11 is 0. The summed E-state index contributed by atoms with van der Waals surface area (Å²) in [6.07, 6.45) is 0. The lowest BCUT2D eigenvalue weighted by Crippen LogP contribution is -2.13. The van der Waals surface area contributed by atoms with Crippen molar-refractivity contribution in [2.24, 2.45) is 0 Å². The molecule has 6 nitrogen and oxygen atoms in total. The molecule has 3 aromatic rings. The van der Waals surface area contributed by atoms with Gasteiger partial charge in [0.25, 0.3) is 11.1 Å². The number of rotatable bonds is 1. The van der Waals surface area contributed by atoms with Crippen LogP contribution in [0.2, 0.25) is 0 Å². The number of benzene rings is 1. The zero-order chi connectivity index (χ0) is 13.4. The van der Waals surface area contributed by atoms with Gasteiger partial charge in [-0.1, -0.05) is 30.3 Å². The zero-order valence-corrected chi connectivity index (χ0v) is 9.65. The largest absolute Gasteiger partial charge is 0.306 e. The monoisotopic (exact) mass is 252 g/mol. The van der Waals surface area contributed by atoms with Crippen molar-refractivity contribution in [2.45, 2.75) is 0 Å². The Morgan fingerprint density at radius 1 is 1.00 bits per heavy atom. The lowest BCUT2D eigenvalue weighted by molar-refractivity contribution is 1.06. The summed E-state index contributed by atoms with van der Waals surface area (Å²) in [5.41, 5.74) is 0.326. The first kappa shape index (κ1) is 11.0. The van der Waals surface area contributed by atoms with E-state index in [4.69, 9.17) is 5.26 Å². The van der Waals surface area contributed by atoms with Gasteiger partial charge in [-0.2, -0.15) is 5.26 Å². The molecule has 0 aliphatic heterocycles. The molecule has 0 aliphatic carbocycles. The smallest absolute Gasteiger partial charge is 0.274 e. The molecule has 0 saturated heterocycles. The molecule has 92 valence electrons. The molecular formula is C13H8N4O2. The molecule has 0 aliphatic rings. The Balaban J connectivity index is 2.58. The number of fused-ring (bicyclic) bond motifs is 1. The normalized spacial score (nSPS) is 10.5. The van der Waals surface area contributed by atoms with Gasteiger partial charge in [0.05, 0.1) is 5.39 Å². The van der Waals surface area contributed by atoms with Crippen LogP contribution in [0.4, 0.5) is 0 Å². The number of hydrogen-bond donors (Lipinski definition) is 3. The van der Waals surface area contributed by atoms with Crippen LogP contribution in [-0.2, 0) is 0 Å².